The van der Waals surface area contributed by atoms with Gasteiger partial charge in [-0.2, -0.15) is 0 Å². The molecule has 5 heteroatoms. The zero-order valence-corrected chi connectivity index (χ0v) is 10.8. The van der Waals surface area contributed by atoms with E-state index in [0.29, 0.717) is 10.6 Å². The molecule has 1 aromatic rings. The van der Waals surface area contributed by atoms with E-state index in [1.165, 1.54) is 0 Å². The lowest BCUT2D eigenvalue weighted by Gasteiger charge is -2.40. The van der Waals surface area contributed by atoms with Crippen molar-refractivity contribution in [2.75, 3.05) is 24.5 Å². The van der Waals surface area contributed by atoms with Crippen molar-refractivity contribution in [1.82, 2.24) is 10.6 Å². The Kier molecular flexibility index (Phi) is 3.14. The Bertz CT molecular complexity index is 477. The molecule has 2 aliphatic rings. The van der Waals surface area contributed by atoms with Crippen molar-refractivity contribution in [2.45, 2.75) is 19.0 Å². The van der Waals surface area contributed by atoms with Crippen molar-refractivity contribution in [3.63, 3.8) is 0 Å². The molecule has 1 saturated heterocycles. The summed E-state index contributed by atoms with van der Waals surface area (Å²) in [5, 5.41) is 6.97. The average Bonchev–Trinajstić information content (AvgIpc) is 2.31. The van der Waals surface area contributed by atoms with Crippen molar-refractivity contribution >= 4 is 23.2 Å². The van der Waals surface area contributed by atoms with E-state index in [9.17, 15) is 4.79 Å². The SMILES string of the molecule is O=C1NC2CCCNCCN2c2cccc(Cl)c21. The van der Waals surface area contributed by atoms with Gasteiger partial charge in [0, 0.05) is 13.1 Å². The van der Waals surface area contributed by atoms with E-state index in [0.717, 1.165) is 38.2 Å². The third-order valence-electron chi connectivity index (χ3n) is 3.56. The second-order valence-corrected chi connectivity index (χ2v) is 5.12. The van der Waals surface area contributed by atoms with Gasteiger partial charge in [-0.25, -0.2) is 0 Å². The third kappa shape index (κ3) is 1.95. The number of nitrogens with zero attached hydrogens (tertiary/aromatic N) is 1. The number of hydrogen-bond donors (Lipinski definition) is 2. The number of hydrogen-bond acceptors (Lipinski definition) is 3. The smallest absolute Gasteiger partial charge is 0.256 e. The summed E-state index contributed by atoms with van der Waals surface area (Å²) in [4.78, 5) is 14.4. The largest absolute Gasteiger partial charge is 0.349 e. The summed E-state index contributed by atoms with van der Waals surface area (Å²) in [7, 11) is 0. The standard InChI is InChI=1S/C13H16ClN3O/c14-9-3-1-4-10-12(9)13(18)16-11-5-2-6-15-7-8-17(10)11/h1,3-4,11,15H,2,5-8H2,(H,16,18). The van der Waals surface area contributed by atoms with E-state index < -0.39 is 0 Å². The second-order valence-electron chi connectivity index (χ2n) is 4.71. The summed E-state index contributed by atoms with van der Waals surface area (Å²) >= 11 is 6.14. The quantitative estimate of drug-likeness (QED) is 0.749. The van der Waals surface area contributed by atoms with Gasteiger partial charge in [-0.3, -0.25) is 4.79 Å². The molecule has 1 fully saturated rings. The van der Waals surface area contributed by atoms with Gasteiger partial charge in [0.05, 0.1) is 16.3 Å². The maximum absolute atomic E-state index is 12.1. The van der Waals surface area contributed by atoms with Crippen molar-refractivity contribution in [3.8, 4) is 0 Å². The fraction of sp³-hybridized carbons (Fsp3) is 0.462. The van der Waals surface area contributed by atoms with Gasteiger partial charge < -0.3 is 15.5 Å². The Balaban J connectivity index is 2.02. The molecule has 0 aromatic heterocycles. The highest BCUT2D eigenvalue weighted by atomic mass is 35.5. The first-order chi connectivity index (χ1) is 8.77. The molecule has 2 aliphatic heterocycles. The average molecular weight is 266 g/mol. The van der Waals surface area contributed by atoms with E-state index in [2.05, 4.69) is 15.5 Å². The maximum Gasteiger partial charge on any atom is 0.256 e. The van der Waals surface area contributed by atoms with E-state index >= 15 is 0 Å². The van der Waals surface area contributed by atoms with Crippen LogP contribution in [-0.2, 0) is 0 Å². The number of fused-ring (bicyclic) bond motifs is 3. The first kappa shape index (κ1) is 11.8. The lowest BCUT2D eigenvalue weighted by molar-refractivity contribution is 0.0923. The lowest BCUT2D eigenvalue weighted by atomic mass is 10.0. The number of nitrogens with one attached hydrogen (secondary N) is 2. The minimum absolute atomic E-state index is 0.0506. The van der Waals surface area contributed by atoms with Crippen LogP contribution >= 0.6 is 11.6 Å². The van der Waals surface area contributed by atoms with Crippen LogP contribution in [-0.4, -0.2) is 31.7 Å². The highest BCUT2D eigenvalue weighted by Gasteiger charge is 2.32. The summed E-state index contributed by atoms with van der Waals surface area (Å²) in [6.07, 6.45) is 2.13. The molecule has 4 nitrogen and oxygen atoms in total. The highest BCUT2D eigenvalue weighted by molar-refractivity contribution is 6.34. The van der Waals surface area contributed by atoms with Crippen LogP contribution in [0.25, 0.3) is 0 Å². The van der Waals surface area contributed by atoms with Crippen LogP contribution in [0, 0.1) is 0 Å². The molecule has 3 rings (SSSR count). The van der Waals surface area contributed by atoms with Crippen molar-refractivity contribution in [2.24, 2.45) is 0 Å². The molecular formula is C13H16ClN3O. The summed E-state index contributed by atoms with van der Waals surface area (Å²) < 4.78 is 0. The van der Waals surface area contributed by atoms with Gasteiger partial charge in [0.25, 0.3) is 5.91 Å². The number of carbonyl (C=O) groups excluding carboxylic acids is 1. The van der Waals surface area contributed by atoms with Crippen molar-refractivity contribution in [1.29, 1.82) is 0 Å². The zero-order chi connectivity index (χ0) is 12.5. The summed E-state index contributed by atoms with van der Waals surface area (Å²) in [5.41, 5.74) is 1.57. The predicted octanol–water partition coefficient (Wildman–Crippen LogP) is 1.60. The number of halogens is 1. The van der Waals surface area contributed by atoms with Crippen LogP contribution in [0.1, 0.15) is 23.2 Å². The fourth-order valence-corrected chi connectivity index (χ4v) is 2.95. The first-order valence-corrected chi connectivity index (χ1v) is 6.72. The van der Waals surface area contributed by atoms with Gasteiger partial charge in [0.1, 0.15) is 6.17 Å². The van der Waals surface area contributed by atoms with Gasteiger partial charge in [-0.15, -0.1) is 0 Å². The van der Waals surface area contributed by atoms with Crippen molar-refractivity contribution < 1.29 is 4.79 Å². The molecule has 2 heterocycles. The minimum atomic E-state index is -0.0506. The normalized spacial score (nSPS) is 23.5. The third-order valence-corrected chi connectivity index (χ3v) is 3.88. The molecule has 96 valence electrons. The Morgan fingerprint density at radius 1 is 1.33 bits per heavy atom. The number of amides is 1. The van der Waals surface area contributed by atoms with Crippen LogP contribution in [0.3, 0.4) is 0 Å². The Hall–Kier alpha value is -1.26. The Labute approximate surface area is 111 Å². The number of benzene rings is 1. The summed E-state index contributed by atoms with van der Waals surface area (Å²) in [5.74, 6) is -0.0506. The molecule has 1 unspecified atom stereocenters. The van der Waals surface area contributed by atoms with Gasteiger partial charge in [0.15, 0.2) is 0 Å². The van der Waals surface area contributed by atoms with Crippen LogP contribution in [0.5, 0.6) is 0 Å². The molecule has 0 aliphatic carbocycles. The lowest BCUT2D eigenvalue weighted by Crippen LogP contribution is -2.55. The van der Waals surface area contributed by atoms with Gasteiger partial charge in [-0.05, 0) is 31.5 Å². The molecule has 1 amide bonds. The van der Waals surface area contributed by atoms with E-state index in [1.807, 2.05) is 12.1 Å². The van der Waals surface area contributed by atoms with E-state index in [4.69, 9.17) is 11.6 Å². The number of anilines is 1. The molecule has 0 bridgehead atoms. The monoisotopic (exact) mass is 265 g/mol. The molecule has 0 saturated carbocycles. The minimum Gasteiger partial charge on any atom is -0.349 e. The molecule has 0 radical (unpaired) electrons. The van der Waals surface area contributed by atoms with Gasteiger partial charge >= 0.3 is 0 Å². The molecule has 2 N–H and O–H groups in total. The highest BCUT2D eigenvalue weighted by Crippen LogP contribution is 2.32. The van der Waals surface area contributed by atoms with Crippen LogP contribution in [0.2, 0.25) is 5.02 Å². The topological polar surface area (TPSA) is 44.4 Å². The van der Waals surface area contributed by atoms with E-state index in [-0.39, 0.29) is 12.1 Å². The van der Waals surface area contributed by atoms with Crippen LogP contribution in [0.4, 0.5) is 5.69 Å². The molecular weight excluding hydrogens is 250 g/mol. The second kappa shape index (κ2) is 4.78. The van der Waals surface area contributed by atoms with Crippen molar-refractivity contribution in [3.05, 3.63) is 28.8 Å². The number of carbonyl (C=O) groups is 1. The van der Waals surface area contributed by atoms with Crippen LogP contribution in [0.15, 0.2) is 18.2 Å². The molecule has 0 spiro atoms. The predicted molar refractivity (Wildman–Crippen MR) is 72.2 cm³/mol. The van der Waals surface area contributed by atoms with Gasteiger partial charge in [0.2, 0.25) is 0 Å². The number of rotatable bonds is 0. The fourth-order valence-electron chi connectivity index (χ4n) is 2.70. The molecule has 1 atom stereocenters. The van der Waals surface area contributed by atoms with E-state index in [1.54, 1.807) is 6.07 Å². The summed E-state index contributed by atoms with van der Waals surface area (Å²) in [6.45, 7) is 2.83. The zero-order valence-electron chi connectivity index (χ0n) is 10.1. The van der Waals surface area contributed by atoms with Crippen LogP contribution < -0.4 is 15.5 Å². The van der Waals surface area contributed by atoms with Gasteiger partial charge in [-0.1, -0.05) is 17.7 Å². The Morgan fingerprint density at radius 2 is 2.22 bits per heavy atom. The Morgan fingerprint density at radius 3 is 3.11 bits per heavy atom. The summed E-state index contributed by atoms with van der Waals surface area (Å²) in [6, 6.07) is 5.65. The first-order valence-electron chi connectivity index (χ1n) is 6.34. The molecule has 1 aromatic carbocycles. The molecule has 18 heavy (non-hydrogen) atoms. The maximum atomic E-state index is 12.1.